The summed E-state index contributed by atoms with van der Waals surface area (Å²) in [4.78, 5) is 41.4. The van der Waals surface area contributed by atoms with Crippen LogP contribution in [0.2, 0.25) is 11.4 Å². The van der Waals surface area contributed by atoms with Crippen LogP contribution in [0.25, 0.3) is 11.6 Å². The van der Waals surface area contributed by atoms with E-state index in [9.17, 15) is 28.9 Å². The first-order valence-electron chi connectivity index (χ1n) is 19.3. The van der Waals surface area contributed by atoms with Crippen LogP contribution in [0.1, 0.15) is 51.2 Å². The predicted octanol–water partition coefficient (Wildman–Crippen LogP) is 6.99. The molecule has 4 atom stereocenters. The molecular formula is C45H47BFNO8Si. The van der Waals surface area contributed by atoms with Crippen molar-refractivity contribution in [2.24, 2.45) is 17.8 Å². The number of phenols is 1. The highest BCUT2D eigenvalue weighted by molar-refractivity contribution is 6.99. The minimum atomic E-state index is -3.08. The molecule has 0 aromatic heterocycles. The maximum atomic E-state index is 14.5. The van der Waals surface area contributed by atoms with Gasteiger partial charge in [0.15, 0.2) is 11.6 Å². The summed E-state index contributed by atoms with van der Waals surface area (Å²) in [5, 5.41) is 22.9. The number of phenolic OH excluding ortho intramolecular Hbond substituents is 1. The van der Waals surface area contributed by atoms with Gasteiger partial charge in [0.2, 0.25) is 11.8 Å². The Bertz CT molecular complexity index is 2150. The van der Waals surface area contributed by atoms with E-state index in [-0.39, 0.29) is 24.4 Å². The quantitative estimate of drug-likeness (QED) is 0.0764. The minimum Gasteiger partial charge on any atom is -0.505 e. The van der Waals surface area contributed by atoms with E-state index in [1.165, 1.54) is 12.1 Å². The fraction of sp³-hybridized carbons (Fsp3) is 0.311. The summed E-state index contributed by atoms with van der Waals surface area (Å²) in [7, 11) is -3.19. The lowest BCUT2D eigenvalue weighted by molar-refractivity contribution is -0.137. The number of allylic oxidation sites excluding steroid dienone is 1. The zero-order valence-electron chi connectivity index (χ0n) is 32.6. The number of benzene rings is 4. The maximum Gasteiger partial charge on any atom is 0.455 e. The molecule has 1 aliphatic carbocycles. The molecule has 2 saturated heterocycles. The van der Waals surface area contributed by atoms with Gasteiger partial charge in [-0.1, -0.05) is 124 Å². The van der Waals surface area contributed by atoms with Crippen LogP contribution in [0.15, 0.2) is 120 Å². The third kappa shape index (κ3) is 7.67. The number of nitrogens with zero attached hydrogens (tertiary/aromatic N) is 1. The molecule has 0 bridgehead atoms. The van der Waals surface area contributed by atoms with Gasteiger partial charge in [0, 0.05) is 0 Å². The average molecular weight is 788 g/mol. The van der Waals surface area contributed by atoms with Crippen molar-refractivity contribution < 1.29 is 42.7 Å². The van der Waals surface area contributed by atoms with Crippen molar-refractivity contribution in [2.45, 2.75) is 57.5 Å². The van der Waals surface area contributed by atoms with E-state index >= 15 is 0 Å². The van der Waals surface area contributed by atoms with Gasteiger partial charge in [-0.2, -0.15) is 4.90 Å². The number of carbonyl (C=O) groups excluding carboxylic acids is 3. The molecule has 294 valence electrons. The third-order valence-electron chi connectivity index (χ3n) is 11.7. The second kappa shape index (κ2) is 16.4. The molecule has 0 saturated carbocycles. The molecule has 2 fully saturated rings. The number of aromatic hydroxyl groups is 1. The van der Waals surface area contributed by atoms with Gasteiger partial charge in [0.1, 0.15) is 0 Å². The van der Waals surface area contributed by atoms with Gasteiger partial charge in [-0.3, -0.25) is 9.59 Å². The van der Waals surface area contributed by atoms with E-state index in [4.69, 9.17) is 13.8 Å². The molecular weight excluding hydrogens is 740 g/mol. The smallest absolute Gasteiger partial charge is 0.455 e. The molecule has 3 amide bonds. The molecule has 0 radical (unpaired) electrons. The molecule has 4 aromatic rings. The number of halogens is 1. The van der Waals surface area contributed by atoms with Crippen molar-refractivity contribution in [3.8, 4) is 5.75 Å². The van der Waals surface area contributed by atoms with Crippen LogP contribution in [0.3, 0.4) is 0 Å². The van der Waals surface area contributed by atoms with Crippen molar-refractivity contribution in [1.29, 1.82) is 0 Å². The number of likely N-dealkylation sites (tertiary alicyclic amines) is 1. The summed E-state index contributed by atoms with van der Waals surface area (Å²) in [6, 6.07) is 34.3. The Balaban J connectivity index is 1.33. The van der Waals surface area contributed by atoms with Crippen LogP contribution < -0.4 is 10.4 Å². The maximum absolute atomic E-state index is 14.5. The molecule has 0 spiro atoms. The lowest BCUT2D eigenvalue weighted by Gasteiger charge is -2.46. The summed E-state index contributed by atoms with van der Waals surface area (Å²) >= 11 is 0. The summed E-state index contributed by atoms with van der Waals surface area (Å²) in [5.41, 5.74) is 3.94. The predicted molar refractivity (Wildman–Crippen MR) is 219 cm³/mol. The molecule has 2 aliphatic heterocycles. The van der Waals surface area contributed by atoms with Crippen LogP contribution in [0, 0.1) is 23.6 Å². The van der Waals surface area contributed by atoms with Gasteiger partial charge in [0.25, 0.3) is 8.32 Å². The molecule has 2 heterocycles. The fourth-order valence-electron chi connectivity index (χ4n) is 9.18. The number of amides is 3. The van der Waals surface area contributed by atoms with E-state index in [1.54, 1.807) is 6.07 Å². The number of carbonyl (C=O) groups is 3. The van der Waals surface area contributed by atoms with E-state index < -0.39 is 68.8 Å². The number of rotatable bonds is 10. The zero-order chi connectivity index (χ0) is 40.5. The van der Waals surface area contributed by atoms with Crippen molar-refractivity contribution in [3.05, 3.63) is 137 Å². The Labute approximate surface area is 334 Å². The van der Waals surface area contributed by atoms with Crippen LogP contribution in [-0.2, 0) is 23.4 Å². The summed E-state index contributed by atoms with van der Waals surface area (Å²) in [6.07, 6.45) is 1.16. The number of imide groups is 3. The van der Waals surface area contributed by atoms with Gasteiger partial charge in [-0.05, 0) is 86.9 Å². The van der Waals surface area contributed by atoms with Gasteiger partial charge in [0.05, 0.1) is 31.7 Å². The van der Waals surface area contributed by atoms with Crippen LogP contribution >= 0.6 is 0 Å². The van der Waals surface area contributed by atoms with E-state index in [1.807, 2.05) is 72.8 Å². The second-order valence-electron chi connectivity index (χ2n) is 16.0. The van der Waals surface area contributed by atoms with Crippen molar-refractivity contribution in [3.63, 3.8) is 0 Å². The highest BCUT2D eigenvalue weighted by Crippen LogP contribution is 2.51. The summed E-state index contributed by atoms with van der Waals surface area (Å²) in [6.45, 7) is 6.69. The Morgan fingerprint density at radius 2 is 1.54 bits per heavy atom. The lowest BCUT2D eigenvalue weighted by Crippen LogP contribution is -2.66. The standard InChI is InChI=1S/C45H47BFNO8Si/c1-45(2,3)57(33-16-10-6-11-17-33,34-18-12-7-13-19-34)55-28-32-26-35-41(43(51)48(42(35)50)44(52)54-4)36-27-46(53)56-39(40(32)36)23-21-31(30-14-8-5-9-15-30)24-29-20-22-38(49)37(47)25-29/h5-20,22,24-25,35-36,39,41,49,53H,21,23,26-28H2,1-4H3/b31-24-/t35-,36+,39-,41-/m1/s1. The summed E-state index contributed by atoms with van der Waals surface area (Å²) in [5.74, 6) is -4.79. The topological polar surface area (TPSA) is 123 Å². The van der Waals surface area contributed by atoms with Gasteiger partial charge in [-0.15, -0.1) is 0 Å². The lowest BCUT2D eigenvalue weighted by atomic mass is 9.58. The molecule has 57 heavy (non-hydrogen) atoms. The SMILES string of the molecule is COC(=O)N1C(=O)[C@@H]2[C@@H](CC(CO[Si](c3ccccc3)(c3ccccc3)C(C)(C)C)=C3[C@@H](CC/C(=C/c4ccc(O)c(F)c4)c4ccccc4)OB(O)C[C@@H]32)C1=O. The molecule has 4 aromatic carbocycles. The first-order chi connectivity index (χ1) is 27.3. The van der Waals surface area contributed by atoms with Gasteiger partial charge < -0.3 is 23.9 Å². The molecule has 0 unspecified atom stereocenters. The summed E-state index contributed by atoms with van der Waals surface area (Å²) < 4.78 is 33.1. The highest BCUT2D eigenvalue weighted by Gasteiger charge is 2.60. The van der Waals surface area contributed by atoms with E-state index in [2.05, 4.69) is 45.0 Å². The molecule has 2 N–H and O–H groups in total. The normalized spacial score (nSPS) is 21.4. The van der Waals surface area contributed by atoms with Crippen molar-refractivity contribution in [2.75, 3.05) is 13.7 Å². The Hall–Kier alpha value is -5.14. The first-order valence-corrected chi connectivity index (χ1v) is 21.3. The molecule has 7 rings (SSSR count). The van der Waals surface area contributed by atoms with E-state index in [0.29, 0.717) is 23.3 Å². The zero-order valence-corrected chi connectivity index (χ0v) is 33.6. The third-order valence-corrected chi connectivity index (χ3v) is 16.7. The number of fused-ring (bicyclic) bond motifs is 3. The monoisotopic (exact) mass is 787 g/mol. The minimum absolute atomic E-state index is 0.0535. The second-order valence-corrected chi connectivity index (χ2v) is 20.3. The molecule has 3 aliphatic rings. The number of methoxy groups -OCH3 is 1. The number of hydrogen-bond donors (Lipinski definition) is 2. The molecule has 12 heteroatoms. The Morgan fingerprint density at radius 1 is 0.930 bits per heavy atom. The molecule has 9 nitrogen and oxygen atoms in total. The largest absolute Gasteiger partial charge is 0.505 e. The van der Waals surface area contributed by atoms with Crippen molar-refractivity contribution >= 4 is 55.4 Å². The van der Waals surface area contributed by atoms with Crippen LogP contribution in [0.4, 0.5) is 9.18 Å². The van der Waals surface area contributed by atoms with Crippen molar-refractivity contribution in [1.82, 2.24) is 4.90 Å². The Morgan fingerprint density at radius 3 is 2.12 bits per heavy atom. The van der Waals surface area contributed by atoms with Crippen LogP contribution in [0.5, 0.6) is 5.75 Å². The highest BCUT2D eigenvalue weighted by atomic mass is 28.4. The fourth-order valence-corrected chi connectivity index (χ4v) is 13.7. The van der Waals surface area contributed by atoms with Gasteiger partial charge >= 0.3 is 13.2 Å². The Kier molecular flexibility index (Phi) is 11.5. The first kappa shape index (κ1) is 40.1. The number of ether oxygens (including phenoxy) is 1. The number of hydrogen-bond acceptors (Lipinski definition) is 8. The van der Waals surface area contributed by atoms with Gasteiger partial charge in [-0.25, -0.2) is 9.18 Å². The van der Waals surface area contributed by atoms with E-state index in [0.717, 1.165) is 39.8 Å². The average Bonchev–Trinajstić information content (AvgIpc) is 3.46. The van der Waals surface area contributed by atoms with Crippen LogP contribution in [-0.4, -0.2) is 68.2 Å².